The van der Waals surface area contributed by atoms with Crippen LogP contribution in [0.4, 0.5) is 24.7 Å². The van der Waals surface area contributed by atoms with Gasteiger partial charge in [-0.1, -0.05) is 32.6 Å². The quantitative estimate of drug-likeness (QED) is 0.327. The van der Waals surface area contributed by atoms with Crippen molar-refractivity contribution in [3.8, 4) is 11.5 Å². The number of halogens is 3. The van der Waals surface area contributed by atoms with Crippen LogP contribution in [-0.4, -0.2) is 57.2 Å². The standard InChI is InChI=1S/C24H30F3N3O5Si/c1-5-20(34-17-8-6-9-18(14-17)35-24(25,26)27)23(32)29-15-21(31)30(16-33-12-13-36(2,3)4)19-10-7-11-28-22(19)29/h6-11,14,20H,5,12-13,15-16H2,1-4H3. The Hall–Kier alpha value is -3.12. The highest BCUT2D eigenvalue weighted by Crippen LogP contribution is 2.33. The van der Waals surface area contributed by atoms with Gasteiger partial charge in [0.15, 0.2) is 11.9 Å². The van der Waals surface area contributed by atoms with Crippen LogP contribution >= 0.6 is 0 Å². The van der Waals surface area contributed by atoms with Gasteiger partial charge in [0.25, 0.3) is 5.91 Å². The fourth-order valence-electron chi connectivity index (χ4n) is 3.49. The lowest BCUT2D eigenvalue weighted by atomic mass is 10.2. The smallest absolute Gasteiger partial charge is 0.480 e. The molecule has 36 heavy (non-hydrogen) atoms. The minimum absolute atomic E-state index is 0.0268. The third-order valence-electron chi connectivity index (χ3n) is 5.35. The summed E-state index contributed by atoms with van der Waals surface area (Å²) >= 11 is 0. The summed E-state index contributed by atoms with van der Waals surface area (Å²) in [6.07, 6.45) is -4.20. The van der Waals surface area contributed by atoms with Crippen molar-refractivity contribution in [1.29, 1.82) is 0 Å². The zero-order chi connectivity index (χ0) is 26.5. The number of alkyl halides is 3. The van der Waals surface area contributed by atoms with Crippen molar-refractivity contribution in [3.63, 3.8) is 0 Å². The van der Waals surface area contributed by atoms with Crippen molar-refractivity contribution in [2.75, 3.05) is 29.7 Å². The molecular formula is C24H30F3N3O5Si. The van der Waals surface area contributed by atoms with Crippen LogP contribution < -0.4 is 19.3 Å². The van der Waals surface area contributed by atoms with Gasteiger partial charge in [-0.15, -0.1) is 13.2 Å². The first-order valence-corrected chi connectivity index (χ1v) is 15.3. The Labute approximate surface area is 209 Å². The highest BCUT2D eigenvalue weighted by molar-refractivity contribution is 6.76. The van der Waals surface area contributed by atoms with Crippen LogP contribution in [0.5, 0.6) is 11.5 Å². The van der Waals surface area contributed by atoms with Gasteiger partial charge in [0.1, 0.15) is 24.8 Å². The fraction of sp³-hybridized carbons (Fsp3) is 0.458. The summed E-state index contributed by atoms with van der Waals surface area (Å²) in [6, 6.07) is 9.23. The van der Waals surface area contributed by atoms with Gasteiger partial charge >= 0.3 is 6.36 Å². The van der Waals surface area contributed by atoms with Crippen LogP contribution in [0.1, 0.15) is 13.3 Å². The molecule has 0 aliphatic carbocycles. The summed E-state index contributed by atoms with van der Waals surface area (Å²) in [5.41, 5.74) is 0.436. The number of hydrogen-bond acceptors (Lipinski definition) is 6. The number of aromatic nitrogens is 1. The Bertz CT molecular complexity index is 1080. The number of rotatable bonds is 10. The van der Waals surface area contributed by atoms with E-state index in [0.717, 1.165) is 18.2 Å². The Balaban J connectivity index is 1.75. The van der Waals surface area contributed by atoms with Crippen LogP contribution in [-0.2, 0) is 14.3 Å². The number of ether oxygens (including phenoxy) is 3. The maximum atomic E-state index is 13.4. The topological polar surface area (TPSA) is 81.2 Å². The van der Waals surface area contributed by atoms with E-state index in [1.165, 1.54) is 28.1 Å². The van der Waals surface area contributed by atoms with E-state index in [9.17, 15) is 22.8 Å². The number of benzene rings is 1. The lowest BCUT2D eigenvalue weighted by Crippen LogP contribution is -2.52. The minimum Gasteiger partial charge on any atom is -0.480 e. The number of pyridine rings is 1. The number of nitrogens with zero attached hydrogens (tertiary/aromatic N) is 3. The number of anilines is 2. The summed E-state index contributed by atoms with van der Waals surface area (Å²) in [5.74, 6) is -1.03. The number of hydrogen-bond donors (Lipinski definition) is 0. The van der Waals surface area contributed by atoms with Crippen molar-refractivity contribution >= 4 is 31.4 Å². The lowest BCUT2D eigenvalue weighted by Gasteiger charge is -2.36. The van der Waals surface area contributed by atoms with E-state index in [1.807, 2.05) is 0 Å². The van der Waals surface area contributed by atoms with Gasteiger partial charge in [0, 0.05) is 26.9 Å². The van der Waals surface area contributed by atoms with E-state index < -0.39 is 32.2 Å². The predicted molar refractivity (Wildman–Crippen MR) is 131 cm³/mol. The summed E-state index contributed by atoms with van der Waals surface area (Å²) in [4.78, 5) is 33.4. The molecular weight excluding hydrogens is 495 g/mol. The van der Waals surface area contributed by atoms with Crippen LogP contribution in [0.3, 0.4) is 0 Å². The second-order valence-corrected chi connectivity index (χ2v) is 15.1. The van der Waals surface area contributed by atoms with Gasteiger partial charge in [-0.05, 0) is 36.7 Å². The first kappa shape index (κ1) is 27.5. The van der Waals surface area contributed by atoms with E-state index in [0.29, 0.717) is 12.3 Å². The molecule has 2 amide bonds. The Kier molecular flexibility index (Phi) is 8.62. The van der Waals surface area contributed by atoms with E-state index in [2.05, 4.69) is 29.4 Å². The normalized spacial score (nSPS) is 14.9. The number of fused-ring (bicyclic) bond motifs is 1. The first-order chi connectivity index (χ1) is 16.9. The average molecular weight is 526 g/mol. The zero-order valence-corrected chi connectivity index (χ0v) is 21.7. The van der Waals surface area contributed by atoms with Crippen molar-refractivity contribution in [2.45, 2.75) is 51.5 Å². The van der Waals surface area contributed by atoms with Gasteiger partial charge in [0.2, 0.25) is 5.91 Å². The second-order valence-electron chi connectivity index (χ2n) is 9.48. The average Bonchev–Trinajstić information content (AvgIpc) is 2.79. The van der Waals surface area contributed by atoms with E-state index in [1.54, 1.807) is 19.1 Å². The number of amides is 2. The zero-order valence-electron chi connectivity index (χ0n) is 20.7. The number of carbonyl (C=O) groups is 2. The monoisotopic (exact) mass is 525 g/mol. The van der Waals surface area contributed by atoms with Gasteiger partial charge in [-0.2, -0.15) is 0 Å². The molecule has 196 valence electrons. The highest BCUT2D eigenvalue weighted by Gasteiger charge is 2.37. The fourth-order valence-corrected chi connectivity index (χ4v) is 4.24. The lowest BCUT2D eigenvalue weighted by molar-refractivity contribution is -0.274. The molecule has 0 saturated carbocycles. The largest absolute Gasteiger partial charge is 0.573 e. The highest BCUT2D eigenvalue weighted by atomic mass is 28.3. The van der Waals surface area contributed by atoms with Crippen LogP contribution in [0.2, 0.25) is 25.7 Å². The minimum atomic E-state index is -4.85. The Morgan fingerprint density at radius 3 is 2.56 bits per heavy atom. The molecule has 2 aromatic rings. The molecule has 3 rings (SSSR count). The van der Waals surface area contributed by atoms with E-state index >= 15 is 0 Å². The molecule has 0 radical (unpaired) electrons. The molecule has 0 bridgehead atoms. The van der Waals surface area contributed by atoms with Crippen LogP contribution in [0, 0.1) is 0 Å². The molecule has 1 aliphatic rings. The van der Waals surface area contributed by atoms with Gasteiger partial charge in [-0.25, -0.2) is 4.98 Å². The predicted octanol–water partition coefficient (Wildman–Crippen LogP) is 4.83. The summed E-state index contributed by atoms with van der Waals surface area (Å²) in [7, 11) is -1.29. The Morgan fingerprint density at radius 1 is 1.17 bits per heavy atom. The van der Waals surface area contributed by atoms with Crippen molar-refractivity contribution in [2.24, 2.45) is 0 Å². The summed E-state index contributed by atoms with van der Waals surface area (Å²) in [5, 5.41) is 0. The molecule has 1 unspecified atom stereocenters. The number of carbonyl (C=O) groups excluding carboxylic acids is 2. The van der Waals surface area contributed by atoms with E-state index in [4.69, 9.17) is 9.47 Å². The summed E-state index contributed by atoms with van der Waals surface area (Å²) in [6.45, 7) is 8.70. The molecule has 0 saturated heterocycles. The van der Waals surface area contributed by atoms with Crippen LogP contribution in [0.15, 0.2) is 42.6 Å². The molecule has 1 aliphatic heterocycles. The third kappa shape index (κ3) is 7.44. The maximum absolute atomic E-state index is 13.4. The van der Waals surface area contributed by atoms with Crippen molar-refractivity contribution < 1.29 is 37.0 Å². The SMILES string of the molecule is CCC(Oc1cccc(OC(F)(F)F)c1)C(=O)N1CC(=O)N(COCC[Si](C)(C)C)c2cccnc21. The third-order valence-corrected chi connectivity index (χ3v) is 7.06. The molecule has 0 fully saturated rings. The van der Waals surface area contributed by atoms with Gasteiger partial charge in [-0.3, -0.25) is 19.4 Å². The molecule has 12 heteroatoms. The van der Waals surface area contributed by atoms with Gasteiger partial charge < -0.3 is 14.2 Å². The second kappa shape index (κ2) is 11.3. The molecule has 2 heterocycles. The van der Waals surface area contributed by atoms with Crippen molar-refractivity contribution in [1.82, 2.24) is 4.98 Å². The van der Waals surface area contributed by atoms with Crippen LogP contribution in [0.25, 0.3) is 0 Å². The molecule has 8 nitrogen and oxygen atoms in total. The summed E-state index contributed by atoms with van der Waals surface area (Å²) < 4.78 is 53.1. The molecule has 1 aromatic heterocycles. The van der Waals surface area contributed by atoms with E-state index in [-0.39, 0.29) is 37.2 Å². The molecule has 0 N–H and O–H groups in total. The molecule has 1 atom stereocenters. The molecule has 0 spiro atoms. The van der Waals surface area contributed by atoms with Gasteiger partial charge in [0.05, 0.1) is 5.69 Å². The van der Waals surface area contributed by atoms with Crippen molar-refractivity contribution in [3.05, 3.63) is 42.6 Å². The molecule has 1 aromatic carbocycles. The first-order valence-electron chi connectivity index (χ1n) is 11.5. The maximum Gasteiger partial charge on any atom is 0.573 e. The Morgan fingerprint density at radius 2 is 1.89 bits per heavy atom.